The van der Waals surface area contributed by atoms with Crippen LogP contribution in [0.5, 0.6) is 0 Å². The average molecular weight is 344 g/mol. The third-order valence-electron chi connectivity index (χ3n) is 3.97. The highest BCUT2D eigenvalue weighted by molar-refractivity contribution is 5.91. The first kappa shape index (κ1) is 18.6. The summed E-state index contributed by atoms with van der Waals surface area (Å²) in [6, 6.07) is 6.48. The smallest absolute Gasteiger partial charge is 0.274 e. The lowest BCUT2D eigenvalue weighted by molar-refractivity contribution is -0.128. The maximum absolute atomic E-state index is 12.4. The second kappa shape index (κ2) is 7.92. The molecule has 0 unspecified atom stereocenters. The normalized spacial score (nSPS) is 12.2. The molecule has 1 aromatic heterocycles. The third kappa shape index (κ3) is 4.43. The monoisotopic (exact) mass is 344 g/mol. The predicted octanol–water partition coefficient (Wildman–Crippen LogP) is 0.753. The highest BCUT2D eigenvalue weighted by atomic mass is 16.2. The molecule has 0 saturated carbocycles. The van der Waals surface area contributed by atoms with Crippen molar-refractivity contribution in [2.24, 2.45) is 13.0 Å². The van der Waals surface area contributed by atoms with E-state index in [1.807, 2.05) is 13.8 Å². The molecule has 0 bridgehead atoms. The van der Waals surface area contributed by atoms with E-state index in [9.17, 15) is 14.4 Å². The number of carbonyl (C=O) groups excluding carboxylic acids is 2. The first-order chi connectivity index (χ1) is 11.8. The summed E-state index contributed by atoms with van der Waals surface area (Å²) in [5.41, 5.74) is 0.304. The van der Waals surface area contributed by atoms with Gasteiger partial charge in [-0.3, -0.25) is 14.4 Å². The molecule has 1 heterocycles. The van der Waals surface area contributed by atoms with Crippen LogP contribution in [-0.4, -0.2) is 34.7 Å². The highest BCUT2D eigenvalue weighted by Crippen LogP contribution is 2.14. The molecule has 0 aliphatic carbocycles. The second-order valence-corrected chi connectivity index (χ2v) is 6.46. The van der Waals surface area contributed by atoms with Gasteiger partial charge in [0.2, 0.25) is 11.8 Å². The lowest BCUT2D eigenvalue weighted by atomic mass is 10.0. The number of hydrogen-bond donors (Lipinski definition) is 2. The predicted molar refractivity (Wildman–Crippen MR) is 96.1 cm³/mol. The molecular formula is C18H24N4O3. The summed E-state index contributed by atoms with van der Waals surface area (Å²) in [6.07, 6.45) is 0.549. The number of fused-ring (bicyclic) bond motifs is 1. The Morgan fingerprint density at radius 2 is 1.84 bits per heavy atom. The number of hydrogen-bond acceptors (Lipinski definition) is 4. The van der Waals surface area contributed by atoms with Crippen molar-refractivity contribution in [2.75, 3.05) is 7.05 Å². The minimum absolute atomic E-state index is 0.000221. The van der Waals surface area contributed by atoms with Crippen LogP contribution in [-0.2, 0) is 23.1 Å². The lowest BCUT2D eigenvalue weighted by Crippen LogP contribution is -2.47. The lowest BCUT2D eigenvalue weighted by Gasteiger charge is -2.19. The van der Waals surface area contributed by atoms with Gasteiger partial charge in [-0.25, -0.2) is 4.68 Å². The van der Waals surface area contributed by atoms with Gasteiger partial charge >= 0.3 is 0 Å². The molecule has 1 aromatic carbocycles. The van der Waals surface area contributed by atoms with Gasteiger partial charge < -0.3 is 10.6 Å². The molecule has 25 heavy (non-hydrogen) atoms. The molecule has 0 aliphatic heterocycles. The van der Waals surface area contributed by atoms with Crippen LogP contribution in [0.25, 0.3) is 10.8 Å². The van der Waals surface area contributed by atoms with Crippen LogP contribution in [0, 0.1) is 5.92 Å². The van der Waals surface area contributed by atoms with Crippen LogP contribution >= 0.6 is 0 Å². The molecule has 0 saturated heterocycles. The number of carbonyl (C=O) groups is 2. The zero-order chi connectivity index (χ0) is 18.6. The fourth-order valence-electron chi connectivity index (χ4n) is 2.78. The van der Waals surface area contributed by atoms with E-state index in [1.54, 1.807) is 38.4 Å². The first-order valence-corrected chi connectivity index (χ1v) is 8.29. The Bertz CT molecular complexity index is 842. The summed E-state index contributed by atoms with van der Waals surface area (Å²) in [6.45, 7) is 3.98. The van der Waals surface area contributed by atoms with Crippen LogP contribution < -0.4 is 16.2 Å². The van der Waals surface area contributed by atoms with Crippen molar-refractivity contribution in [2.45, 2.75) is 32.7 Å². The summed E-state index contributed by atoms with van der Waals surface area (Å²) in [7, 11) is 3.10. The SMILES string of the molecule is CNC(=O)[C@H](CC(C)C)NC(=O)Cc1nn(C)c(=O)c2ccccc12. The number of benzene rings is 1. The average Bonchev–Trinajstić information content (AvgIpc) is 2.57. The van der Waals surface area contributed by atoms with Crippen LogP contribution in [0.15, 0.2) is 29.1 Å². The van der Waals surface area contributed by atoms with Crippen molar-refractivity contribution < 1.29 is 9.59 Å². The Morgan fingerprint density at radius 3 is 2.44 bits per heavy atom. The van der Waals surface area contributed by atoms with Gasteiger partial charge in [-0.2, -0.15) is 5.10 Å². The van der Waals surface area contributed by atoms with Gasteiger partial charge in [0.1, 0.15) is 6.04 Å². The third-order valence-corrected chi connectivity index (χ3v) is 3.97. The zero-order valence-electron chi connectivity index (χ0n) is 15.0. The fourth-order valence-corrected chi connectivity index (χ4v) is 2.78. The molecule has 0 aliphatic rings. The van der Waals surface area contributed by atoms with E-state index in [4.69, 9.17) is 0 Å². The largest absolute Gasteiger partial charge is 0.357 e. The van der Waals surface area contributed by atoms with Crippen molar-refractivity contribution in [3.8, 4) is 0 Å². The Morgan fingerprint density at radius 1 is 1.20 bits per heavy atom. The van der Waals surface area contributed by atoms with E-state index >= 15 is 0 Å². The van der Waals surface area contributed by atoms with E-state index in [-0.39, 0.29) is 29.7 Å². The number of amides is 2. The second-order valence-electron chi connectivity index (χ2n) is 6.46. The van der Waals surface area contributed by atoms with Crippen LogP contribution in [0.4, 0.5) is 0 Å². The van der Waals surface area contributed by atoms with Gasteiger partial charge in [0.05, 0.1) is 17.5 Å². The Hall–Kier alpha value is -2.70. The molecule has 2 N–H and O–H groups in total. The molecule has 0 fully saturated rings. The molecule has 7 heteroatoms. The van der Waals surface area contributed by atoms with Gasteiger partial charge in [0.15, 0.2) is 0 Å². The van der Waals surface area contributed by atoms with E-state index in [2.05, 4.69) is 15.7 Å². The Labute approximate surface area is 146 Å². The van der Waals surface area contributed by atoms with Gasteiger partial charge in [-0.1, -0.05) is 32.0 Å². The Balaban J connectivity index is 2.25. The van der Waals surface area contributed by atoms with Crippen molar-refractivity contribution in [1.82, 2.24) is 20.4 Å². The van der Waals surface area contributed by atoms with E-state index < -0.39 is 6.04 Å². The maximum Gasteiger partial charge on any atom is 0.274 e. The quantitative estimate of drug-likeness (QED) is 0.809. The molecule has 7 nitrogen and oxygen atoms in total. The molecule has 0 spiro atoms. The van der Waals surface area contributed by atoms with Crippen molar-refractivity contribution in [3.63, 3.8) is 0 Å². The maximum atomic E-state index is 12.4. The summed E-state index contributed by atoms with van der Waals surface area (Å²) < 4.78 is 1.23. The van der Waals surface area contributed by atoms with Crippen molar-refractivity contribution in [3.05, 3.63) is 40.3 Å². The summed E-state index contributed by atoms with van der Waals surface area (Å²) in [5.74, 6) is -0.259. The Kier molecular flexibility index (Phi) is 5.90. The van der Waals surface area contributed by atoms with Crippen LogP contribution in [0.3, 0.4) is 0 Å². The minimum atomic E-state index is -0.587. The minimum Gasteiger partial charge on any atom is -0.357 e. The first-order valence-electron chi connectivity index (χ1n) is 8.29. The molecule has 2 aromatic rings. The standard InChI is InChI=1S/C18H24N4O3/c1-11(2)9-15(17(24)19-3)20-16(23)10-14-12-7-5-6-8-13(12)18(25)22(4)21-14/h5-8,11,15H,9-10H2,1-4H3,(H,19,24)(H,20,23)/t15-/m0/s1. The van der Waals surface area contributed by atoms with Crippen LogP contribution in [0.2, 0.25) is 0 Å². The van der Waals surface area contributed by atoms with Crippen molar-refractivity contribution in [1.29, 1.82) is 0 Å². The zero-order valence-corrected chi connectivity index (χ0v) is 15.0. The van der Waals surface area contributed by atoms with Crippen molar-refractivity contribution >= 4 is 22.6 Å². The molecular weight excluding hydrogens is 320 g/mol. The molecule has 1 atom stereocenters. The molecule has 0 radical (unpaired) electrons. The van der Waals surface area contributed by atoms with Gasteiger partial charge in [-0.15, -0.1) is 0 Å². The fraction of sp³-hybridized carbons (Fsp3) is 0.444. The summed E-state index contributed by atoms with van der Waals surface area (Å²) in [5, 5.41) is 10.7. The van der Waals surface area contributed by atoms with Gasteiger partial charge in [-0.05, 0) is 18.4 Å². The number of aromatic nitrogens is 2. The summed E-state index contributed by atoms with van der Waals surface area (Å²) in [4.78, 5) is 36.5. The number of likely N-dealkylation sites (N-methyl/N-ethyl adjacent to an activating group) is 1. The number of nitrogens with one attached hydrogen (secondary N) is 2. The summed E-state index contributed by atoms with van der Waals surface area (Å²) >= 11 is 0. The van der Waals surface area contributed by atoms with E-state index in [1.165, 1.54) is 4.68 Å². The van der Waals surface area contributed by atoms with Gasteiger partial charge in [0, 0.05) is 19.5 Å². The molecule has 2 amide bonds. The van der Waals surface area contributed by atoms with Gasteiger partial charge in [0.25, 0.3) is 5.56 Å². The van der Waals surface area contributed by atoms with Crippen LogP contribution in [0.1, 0.15) is 26.0 Å². The number of rotatable bonds is 6. The molecule has 134 valence electrons. The number of nitrogens with zero attached hydrogens (tertiary/aromatic N) is 2. The molecule has 2 rings (SSSR count). The highest BCUT2D eigenvalue weighted by Gasteiger charge is 2.22. The van der Waals surface area contributed by atoms with E-state index in [0.717, 1.165) is 0 Å². The van der Waals surface area contributed by atoms with E-state index in [0.29, 0.717) is 22.9 Å². The number of aryl methyl sites for hydroxylation is 1. The topological polar surface area (TPSA) is 93.1 Å².